The highest BCUT2D eigenvalue weighted by Crippen LogP contribution is 2.57. The van der Waals surface area contributed by atoms with E-state index in [1.54, 1.807) is 11.3 Å². The number of carbonyl (C=O) groups excluding carboxylic acids is 1. The third-order valence-corrected chi connectivity index (χ3v) is 8.90. The zero-order valence-electron chi connectivity index (χ0n) is 19.0. The van der Waals surface area contributed by atoms with Crippen LogP contribution in [0.15, 0.2) is 0 Å². The lowest BCUT2D eigenvalue weighted by molar-refractivity contribution is -0.155. The van der Waals surface area contributed by atoms with Gasteiger partial charge in [0.1, 0.15) is 5.60 Å². The summed E-state index contributed by atoms with van der Waals surface area (Å²) in [6, 6.07) is -0.0249. The summed E-state index contributed by atoms with van der Waals surface area (Å²) >= 11 is 7.75. The highest BCUT2D eigenvalue weighted by Gasteiger charge is 2.50. The Balaban J connectivity index is 1.65. The first-order valence-electron chi connectivity index (χ1n) is 10.8. The number of esters is 1. The van der Waals surface area contributed by atoms with Gasteiger partial charge in [-0.25, -0.2) is 13.9 Å². The van der Waals surface area contributed by atoms with Gasteiger partial charge in [-0.3, -0.25) is 4.79 Å². The lowest BCUT2D eigenvalue weighted by Crippen LogP contribution is -2.43. The predicted molar refractivity (Wildman–Crippen MR) is 124 cm³/mol. The zero-order valence-corrected chi connectivity index (χ0v) is 21.4. The number of nitrogens with zero attached hydrogens (tertiary/aromatic N) is 1. The van der Waals surface area contributed by atoms with Crippen molar-refractivity contribution in [2.45, 2.75) is 103 Å². The molecule has 0 aliphatic heterocycles. The quantitative estimate of drug-likeness (QED) is 0.552. The van der Waals surface area contributed by atoms with Gasteiger partial charge in [0.25, 0.3) is 0 Å². The molecule has 0 amide bonds. The molecule has 2 aliphatic rings. The van der Waals surface area contributed by atoms with E-state index in [9.17, 15) is 9.00 Å². The fraction of sp³-hybridized carbons (Fsp3) is 0.818. The third-order valence-electron chi connectivity index (χ3n) is 6.16. The predicted octanol–water partition coefficient (Wildman–Crippen LogP) is 5.74. The Hall–Kier alpha value is -0.500. The van der Waals surface area contributed by atoms with Crippen molar-refractivity contribution in [3.05, 3.63) is 15.0 Å². The monoisotopic (exact) mass is 474 g/mol. The van der Waals surface area contributed by atoms with Gasteiger partial charge in [0.05, 0.1) is 27.5 Å². The summed E-state index contributed by atoms with van der Waals surface area (Å²) in [5.41, 5.74) is 0.613. The summed E-state index contributed by atoms with van der Waals surface area (Å²) in [7, 11) is -1.17. The van der Waals surface area contributed by atoms with Crippen LogP contribution in [0.25, 0.3) is 0 Å². The topological polar surface area (TPSA) is 68.3 Å². The van der Waals surface area contributed by atoms with E-state index in [2.05, 4.69) is 9.71 Å². The molecule has 30 heavy (non-hydrogen) atoms. The maximum absolute atomic E-state index is 12.9. The van der Waals surface area contributed by atoms with E-state index in [0.29, 0.717) is 16.8 Å². The van der Waals surface area contributed by atoms with Crippen LogP contribution in [-0.4, -0.2) is 25.5 Å². The summed E-state index contributed by atoms with van der Waals surface area (Å²) in [5, 5.41) is 0. The Morgan fingerprint density at radius 1 is 1.27 bits per heavy atom. The SMILES string of the molecule is CC(C)(C)OC(=O)CCC1CCC2(CC1)Cc1sc(Cl)nc1[C@@H]2N[S@](=O)C(C)(C)C. The van der Waals surface area contributed by atoms with Crippen LogP contribution < -0.4 is 4.72 Å². The van der Waals surface area contributed by atoms with Crippen LogP contribution in [0, 0.1) is 11.3 Å². The van der Waals surface area contributed by atoms with Gasteiger partial charge in [0.2, 0.25) is 0 Å². The Morgan fingerprint density at radius 3 is 2.47 bits per heavy atom. The molecule has 0 unspecified atom stereocenters. The molecule has 1 saturated carbocycles. The maximum Gasteiger partial charge on any atom is 0.306 e. The number of nitrogens with one attached hydrogen (secondary N) is 1. The Labute approximate surface area is 192 Å². The average Bonchev–Trinajstić information content (AvgIpc) is 3.07. The number of ether oxygens (including phenoxy) is 1. The van der Waals surface area contributed by atoms with Gasteiger partial charge >= 0.3 is 5.97 Å². The minimum absolute atomic E-state index is 0.0249. The zero-order chi connectivity index (χ0) is 22.3. The average molecular weight is 475 g/mol. The number of hydrogen-bond donors (Lipinski definition) is 1. The van der Waals surface area contributed by atoms with E-state index in [-0.39, 0.29) is 22.2 Å². The fourth-order valence-electron chi connectivity index (χ4n) is 4.58. The maximum atomic E-state index is 12.9. The second-order valence-corrected chi connectivity index (χ2v) is 14.5. The van der Waals surface area contributed by atoms with Gasteiger partial charge < -0.3 is 4.74 Å². The minimum atomic E-state index is -1.17. The van der Waals surface area contributed by atoms with Crippen molar-refractivity contribution in [3.63, 3.8) is 0 Å². The Kier molecular flexibility index (Phi) is 7.08. The van der Waals surface area contributed by atoms with Crippen LogP contribution in [-0.2, 0) is 26.9 Å². The number of aromatic nitrogens is 1. The van der Waals surface area contributed by atoms with Crippen LogP contribution in [0.4, 0.5) is 0 Å². The Morgan fingerprint density at radius 2 is 1.90 bits per heavy atom. The molecule has 1 fully saturated rings. The van der Waals surface area contributed by atoms with E-state index < -0.39 is 16.6 Å². The normalized spacial score (nSPS) is 27.8. The molecular formula is C22H35ClN2O3S2. The molecule has 170 valence electrons. The number of hydrogen-bond acceptors (Lipinski definition) is 5. The summed E-state index contributed by atoms with van der Waals surface area (Å²) in [4.78, 5) is 17.9. The number of fused-ring (bicyclic) bond motifs is 1. The van der Waals surface area contributed by atoms with E-state index in [4.69, 9.17) is 16.3 Å². The van der Waals surface area contributed by atoms with Gasteiger partial charge in [-0.1, -0.05) is 11.6 Å². The van der Waals surface area contributed by atoms with Crippen molar-refractivity contribution in [2.24, 2.45) is 11.3 Å². The molecule has 1 N–H and O–H groups in total. The molecule has 1 aromatic heterocycles. The Bertz CT molecular complexity index is 802. The largest absolute Gasteiger partial charge is 0.460 e. The fourth-order valence-corrected chi connectivity index (χ4v) is 6.86. The van der Waals surface area contributed by atoms with Crippen molar-refractivity contribution < 1.29 is 13.7 Å². The lowest BCUT2D eigenvalue weighted by atomic mass is 9.66. The van der Waals surface area contributed by atoms with Crippen molar-refractivity contribution in [3.8, 4) is 0 Å². The summed E-state index contributed by atoms with van der Waals surface area (Å²) in [6.07, 6.45) is 6.55. The van der Waals surface area contributed by atoms with E-state index in [1.807, 2.05) is 41.5 Å². The molecule has 5 nitrogen and oxygen atoms in total. The molecule has 8 heteroatoms. The van der Waals surface area contributed by atoms with Crippen LogP contribution in [0.3, 0.4) is 0 Å². The summed E-state index contributed by atoms with van der Waals surface area (Å²) < 4.78 is 22.0. The van der Waals surface area contributed by atoms with Crippen LogP contribution in [0.1, 0.15) is 96.7 Å². The molecule has 0 aromatic carbocycles. The molecule has 3 rings (SSSR count). The van der Waals surface area contributed by atoms with Crippen molar-refractivity contribution in [1.29, 1.82) is 0 Å². The number of halogens is 1. The summed E-state index contributed by atoms with van der Waals surface area (Å²) in [6.45, 7) is 11.7. The van der Waals surface area contributed by atoms with E-state index >= 15 is 0 Å². The standard InChI is InChI=1S/C22H35ClN2O3S2/c1-20(2,3)28-16(26)8-7-14-9-11-22(12-10-14)13-15-17(24-19(23)29-15)18(22)25-30(27)21(4,5)6/h14,18,25H,7-13H2,1-6H3/t14?,18-,22?,30+/m0/s1. The second kappa shape index (κ2) is 8.80. The van der Waals surface area contributed by atoms with Crippen molar-refractivity contribution >= 4 is 39.9 Å². The third kappa shape index (κ3) is 5.64. The van der Waals surface area contributed by atoms with Crippen LogP contribution in [0.5, 0.6) is 0 Å². The molecule has 0 bridgehead atoms. The summed E-state index contributed by atoms with van der Waals surface area (Å²) in [5.74, 6) is 0.428. The van der Waals surface area contributed by atoms with E-state index in [0.717, 1.165) is 44.2 Å². The van der Waals surface area contributed by atoms with Gasteiger partial charge in [0.15, 0.2) is 4.47 Å². The lowest BCUT2D eigenvalue weighted by Gasteiger charge is -2.42. The number of carbonyl (C=O) groups is 1. The molecular weight excluding hydrogens is 440 g/mol. The van der Waals surface area contributed by atoms with Gasteiger partial charge in [-0.05, 0) is 91.4 Å². The van der Waals surface area contributed by atoms with Gasteiger partial charge in [-0.15, -0.1) is 11.3 Å². The van der Waals surface area contributed by atoms with E-state index in [1.165, 1.54) is 4.88 Å². The molecule has 1 aromatic rings. The first-order chi connectivity index (χ1) is 13.8. The van der Waals surface area contributed by atoms with Crippen LogP contribution >= 0.6 is 22.9 Å². The van der Waals surface area contributed by atoms with Gasteiger partial charge in [0, 0.05) is 11.3 Å². The smallest absolute Gasteiger partial charge is 0.306 e. The number of thiazole rings is 1. The first kappa shape index (κ1) is 24.1. The minimum Gasteiger partial charge on any atom is -0.460 e. The molecule has 1 heterocycles. The van der Waals surface area contributed by atoms with Gasteiger partial charge in [-0.2, -0.15) is 0 Å². The molecule has 0 radical (unpaired) electrons. The molecule has 0 saturated heterocycles. The molecule has 1 spiro atoms. The van der Waals surface area contributed by atoms with Crippen molar-refractivity contribution in [1.82, 2.24) is 9.71 Å². The molecule has 2 aliphatic carbocycles. The second-order valence-electron chi connectivity index (χ2n) is 10.8. The van der Waals surface area contributed by atoms with Crippen molar-refractivity contribution in [2.75, 3.05) is 0 Å². The number of rotatable bonds is 5. The highest BCUT2D eigenvalue weighted by molar-refractivity contribution is 7.84. The molecule has 2 atom stereocenters. The van der Waals surface area contributed by atoms with Crippen LogP contribution in [0.2, 0.25) is 4.47 Å². The first-order valence-corrected chi connectivity index (χ1v) is 13.2. The highest BCUT2D eigenvalue weighted by atomic mass is 35.5.